The molecule has 0 spiro atoms. The van der Waals surface area contributed by atoms with Crippen molar-refractivity contribution in [3.05, 3.63) is 29.0 Å². The molecule has 2 aromatic heterocycles. The van der Waals surface area contributed by atoms with E-state index < -0.39 is 17.8 Å². The molecular weight excluding hydrogens is 388 g/mol. The van der Waals surface area contributed by atoms with Crippen molar-refractivity contribution >= 4 is 38.7 Å². The Bertz CT molecular complexity index is 793. The predicted molar refractivity (Wildman–Crippen MR) is 98.5 cm³/mol. The summed E-state index contributed by atoms with van der Waals surface area (Å²) in [4.78, 5) is 22.4. The molecule has 0 bridgehead atoms. The van der Waals surface area contributed by atoms with Crippen molar-refractivity contribution in [2.75, 3.05) is 18.4 Å². The number of amides is 1. The Morgan fingerprint density at radius 2 is 2.16 bits per heavy atom. The van der Waals surface area contributed by atoms with Gasteiger partial charge >= 0.3 is 6.09 Å². The maximum Gasteiger partial charge on any atom is 0.410 e. The Balaban J connectivity index is 1.76. The number of anilines is 1. The molecule has 0 radical (unpaired) electrons. The number of carbonyl (C=O) groups excluding carboxylic acids is 1. The van der Waals surface area contributed by atoms with Gasteiger partial charge < -0.3 is 20.1 Å². The van der Waals surface area contributed by atoms with E-state index in [4.69, 9.17) is 4.74 Å². The number of aliphatic hydroxyl groups is 1. The highest BCUT2D eigenvalue weighted by Crippen LogP contribution is 2.27. The Morgan fingerprint density at radius 3 is 2.88 bits per heavy atom. The molecule has 8 heteroatoms. The highest BCUT2D eigenvalue weighted by Gasteiger charge is 2.36. The zero-order chi connectivity index (χ0) is 18.2. The monoisotopic (exact) mass is 408 g/mol. The van der Waals surface area contributed by atoms with Crippen LogP contribution in [0, 0.1) is 0 Å². The highest BCUT2D eigenvalue weighted by molar-refractivity contribution is 9.10. The molecule has 2 N–H and O–H groups in total. The molecule has 1 fully saturated rings. The van der Waals surface area contributed by atoms with Gasteiger partial charge in [0, 0.05) is 24.3 Å². The number of nitrogens with zero attached hydrogens (tertiary/aromatic N) is 3. The molecule has 134 valence electrons. The van der Waals surface area contributed by atoms with E-state index in [-0.39, 0.29) is 12.6 Å². The largest absolute Gasteiger partial charge is 0.444 e. The van der Waals surface area contributed by atoms with Crippen molar-refractivity contribution in [3.8, 4) is 0 Å². The average molecular weight is 409 g/mol. The van der Waals surface area contributed by atoms with Gasteiger partial charge in [-0.15, -0.1) is 0 Å². The van der Waals surface area contributed by atoms with E-state index >= 15 is 0 Å². The van der Waals surface area contributed by atoms with E-state index in [0.29, 0.717) is 12.4 Å². The summed E-state index contributed by atoms with van der Waals surface area (Å²) in [6.45, 7) is 6.02. The Hall–Kier alpha value is -1.93. The maximum absolute atomic E-state index is 12.2. The summed E-state index contributed by atoms with van der Waals surface area (Å²) >= 11 is 3.44. The highest BCUT2D eigenvalue weighted by atomic mass is 79.9. The lowest BCUT2D eigenvalue weighted by molar-refractivity contribution is 0.0270. The van der Waals surface area contributed by atoms with Gasteiger partial charge in [0.15, 0.2) is 0 Å². The van der Waals surface area contributed by atoms with Crippen molar-refractivity contribution in [2.24, 2.45) is 0 Å². The van der Waals surface area contributed by atoms with Crippen molar-refractivity contribution in [1.29, 1.82) is 0 Å². The quantitative estimate of drug-likeness (QED) is 0.793. The number of carbonyl (C=O) groups is 1. The van der Waals surface area contributed by atoms with Crippen LogP contribution in [0.3, 0.4) is 0 Å². The molecule has 3 heterocycles. The van der Waals surface area contributed by atoms with Crippen molar-refractivity contribution < 1.29 is 14.6 Å². The third-order valence-electron chi connectivity index (χ3n) is 3.86. The van der Waals surface area contributed by atoms with Crippen molar-refractivity contribution in [2.45, 2.75) is 38.5 Å². The second-order valence-electron chi connectivity index (χ2n) is 7.06. The zero-order valence-corrected chi connectivity index (χ0v) is 15.9. The number of hydrogen-bond acceptors (Lipinski definition) is 6. The number of β-amino-alcohol motifs (C(OH)–C–C–N with tert-alkyl or cyclic N) is 1. The molecule has 1 saturated heterocycles. The van der Waals surface area contributed by atoms with Crippen LogP contribution in [-0.4, -0.2) is 56.9 Å². The maximum atomic E-state index is 12.2. The Labute approximate surface area is 154 Å². The number of fused-ring (bicyclic) bond motifs is 1. The number of pyridine rings is 2. The molecule has 0 aliphatic carbocycles. The van der Waals surface area contributed by atoms with Crippen LogP contribution in [0.25, 0.3) is 10.9 Å². The van der Waals surface area contributed by atoms with E-state index in [1.807, 2.05) is 32.9 Å². The van der Waals surface area contributed by atoms with Crippen LogP contribution in [0.15, 0.2) is 29.0 Å². The molecule has 0 saturated carbocycles. The third-order valence-corrected chi connectivity index (χ3v) is 4.44. The van der Waals surface area contributed by atoms with E-state index in [0.717, 1.165) is 15.4 Å². The number of likely N-dealkylation sites (tertiary alicyclic amines) is 1. The van der Waals surface area contributed by atoms with Gasteiger partial charge in [-0.05, 0) is 48.8 Å². The van der Waals surface area contributed by atoms with Gasteiger partial charge in [0.05, 0.1) is 28.7 Å². The topological polar surface area (TPSA) is 87.6 Å². The molecule has 1 aliphatic heterocycles. The second kappa shape index (κ2) is 6.76. The molecule has 0 unspecified atom stereocenters. The normalized spacial score (nSPS) is 20.8. The lowest BCUT2D eigenvalue weighted by Gasteiger charge is -2.24. The van der Waals surface area contributed by atoms with Crippen LogP contribution in [0.5, 0.6) is 0 Å². The van der Waals surface area contributed by atoms with E-state index in [1.165, 1.54) is 4.90 Å². The first-order chi connectivity index (χ1) is 11.7. The van der Waals surface area contributed by atoms with E-state index in [1.54, 1.807) is 12.4 Å². The lowest BCUT2D eigenvalue weighted by Crippen LogP contribution is -2.36. The fourth-order valence-electron chi connectivity index (χ4n) is 2.73. The number of halogens is 1. The van der Waals surface area contributed by atoms with E-state index in [9.17, 15) is 9.90 Å². The fourth-order valence-corrected chi connectivity index (χ4v) is 3.15. The van der Waals surface area contributed by atoms with Crippen LogP contribution >= 0.6 is 15.9 Å². The van der Waals surface area contributed by atoms with Gasteiger partial charge in [-0.25, -0.2) is 9.78 Å². The van der Waals surface area contributed by atoms with Gasteiger partial charge in [-0.2, -0.15) is 0 Å². The lowest BCUT2D eigenvalue weighted by atomic mass is 10.2. The summed E-state index contributed by atoms with van der Waals surface area (Å²) in [6, 6.07) is 3.42. The molecule has 25 heavy (non-hydrogen) atoms. The van der Waals surface area contributed by atoms with Gasteiger partial charge in [-0.3, -0.25) is 4.98 Å². The van der Waals surface area contributed by atoms with Crippen LogP contribution in [0.1, 0.15) is 20.8 Å². The number of hydrogen-bond donors (Lipinski definition) is 2. The molecule has 0 aromatic carbocycles. The molecule has 1 amide bonds. The zero-order valence-electron chi connectivity index (χ0n) is 14.4. The molecular formula is C17H21BrN4O3. The minimum atomic E-state index is -0.704. The summed E-state index contributed by atoms with van der Waals surface area (Å²) in [6.07, 6.45) is 2.26. The number of rotatable bonds is 2. The van der Waals surface area contributed by atoms with Crippen molar-refractivity contribution in [3.63, 3.8) is 0 Å². The minimum absolute atomic E-state index is 0.222. The summed E-state index contributed by atoms with van der Waals surface area (Å²) in [5.41, 5.74) is 0.222. The molecule has 7 nitrogen and oxygen atoms in total. The summed E-state index contributed by atoms with van der Waals surface area (Å²) in [5.74, 6) is 0.626. The third kappa shape index (κ3) is 4.01. The van der Waals surface area contributed by atoms with Gasteiger partial charge in [0.25, 0.3) is 0 Å². The van der Waals surface area contributed by atoms with Gasteiger partial charge in [0.1, 0.15) is 11.4 Å². The number of aliphatic hydroxyl groups excluding tert-OH is 1. The first-order valence-electron chi connectivity index (χ1n) is 8.06. The first-order valence-corrected chi connectivity index (χ1v) is 8.85. The van der Waals surface area contributed by atoms with E-state index in [2.05, 4.69) is 31.2 Å². The number of ether oxygens (including phenoxy) is 1. The van der Waals surface area contributed by atoms with Crippen molar-refractivity contribution in [1.82, 2.24) is 14.9 Å². The van der Waals surface area contributed by atoms with Crippen LogP contribution < -0.4 is 5.32 Å². The molecule has 1 aliphatic rings. The summed E-state index contributed by atoms with van der Waals surface area (Å²) < 4.78 is 6.17. The van der Waals surface area contributed by atoms with Gasteiger partial charge in [0.2, 0.25) is 0 Å². The average Bonchev–Trinajstić information content (AvgIpc) is 2.90. The summed E-state index contributed by atoms with van der Waals surface area (Å²) in [5, 5.41) is 14.4. The Kier molecular flexibility index (Phi) is 4.83. The Morgan fingerprint density at radius 1 is 1.40 bits per heavy atom. The van der Waals surface area contributed by atoms with Crippen LogP contribution in [0.4, 0.5) is 10.6 Å². The van der Waals surface area contributed by atoms with Gasteiger partial charge in [-0.1, -0.05) is 0 Å². The smallest absolute Gasteiger partial charge is 0.410 e. The predicted octanol–water partition coefficient (Wildman–Crippen LogP) is 2.78. The first kappa shape index (κ1) is 17.9. The molecule has 2 atom stereocenters. The molecule has 3 rings (SSSR count). The fraction of sp³-hybridized carbons (Fsp3) is 0.471. The summed E-state index contributed by atoms with van der Waals surface area (Å²) in [7, 11) is 0. The number of nitrogens with one attached hydrogen (secondary N) is 1. The molecule has 2 aromatic rings. The number of aromatic nitrogens is 2. The SMILES string of the molecule is CC(C)(C)OC(=O)N1C[C@H](O)[C@H](Nc2ncc(Br)c3ncccc23)C1. The minimum Gasteiger partial charge on any atom is -0.444 e. The van der Waals surface area contributed by atoms with Crippen LogP contribution in [0.2, 0.25) is 0 Å². The second-order valence-corrected chi connectivity index (χ2v) is 7.91. The van der Waals surface area contributed by atoms with Crippen LogP contribution in [-0.2, 0) is 4.74 Å². The standard InChI is InChI=1S/C17H21BrN4O3/c1-17(2,3)25-16(24)22-8-12(13(23)9-22)21-15-10-5-4-6-19-14(10)11(18)7-20-15/h4-7,12-13,23H,8-9H2,1-3H3,(H,20,21)/t12-,13+/m1/s1.